The number of benzene rings is 1. The van der Waals surface area contributed by atoms with Crippen LogP contribution in [-0.2, 0) is 19.6 Å². The van der Waals surface area contributed by atoms with Crippen molar-refractivity contribution in [1.29, 1.82) is 0 Å². The van der Waals surface area contributed by atoms with Crippen molar-refractivity contribution in [1.82, 2.24) is 0 Å². The van der Waals surface area contributed by atoms with Crippen molar-refractivity contribution >= 4 is 27.8 Å². The van der Waals surface area contributed by atoms with E-state index in [1.807, 2.05) is 13.2 Å². The van der Waals surface area contributed by atoms with Gasteiger partial charge in [-0.2, -0.15) is 20.2 Å². The molecule has 0 saturated heterocycles. The van der Waals surface area contributed by atoms with E-state index in [0.29, 0.717) is 6.42 Å². The zero-order valence-electron chi connectivity index (χ0n) is 13.3. The van der Waals surface area contributed by atoms with E-state index < -0.39 is 16.2 Å². The van der Waals surface area contributed by atoms with E-state index >= 15 is 0 Å². The lowest BCUT2D eigenvalue weighted by molar-refractivity contribution is -0.143. The van der Waals surface area contributed by atoms with Crippen molar-refractivity contribution in [2.75, 3.05) is 18.6 Å². The Bertz CT molecular complexity index is 584. The third kappa shape index (κ3) is 10.1. The number of hydrogen-bond acceptors (Lipinski definition) is 6. The van der Waals surface area contributed by atoms with Gasteiger partial charge in [-0.05, 0) is 37.5 Å². The Morgan fingerprint density at radius 1 is 1.43 bits per heavy atom. The summed E-state index contributed by atoms with van der Waals surface area (Å²) in [5, 5.41) is 0. The molecule has 0 saturated carbocycles. The van der Waals surface area contributed by atoms with E-state index in [1.54, 1.807) is 23.9 Å². The smallest absolute Gasteiger partial charge is 0.323 e. The van der Waals surface area contributed by atoms with Crippen molar-refractivity contribution in [3.8, 4) is 0 Å². The van der Waals surface area contributed by atoms with Crippen LogP contribution in [-0.4, -0.2) is 43.6 Å². The maximum absolute atomic E-state index is 11.0. The molecule has 1 atom stereocenters. The predicted molar refractivity (Wildman–Crippen MR) is 93.1 cm³/mol. The van der Waals surface area contributed by atoms with E-state index in [4.69, 9.17) is 15.0 Å². The van der Waals surface area contributed by atoms with E-state index in [-0.39, 0.29) is 17.5 Å². The number of aryl methyl sites for hydroxylation is 1. The number of nitrogens with two attached hydrogens (primary N) is 1. The molecule has 0 unspecified atom stereocenters. The van der Waals surface area contributed by atoms with E-state index in [0.717, 1.165) is 11.3 Å². The van der Waals surface area contributed by atoms with Gasteiger partial charge in [-0.15, -0.1) is 0 Å². The molecule has 1 aromatic rings. The van der Waals surface area contributed by atoms with Crippen molar-refractivity contribution in [2.45, 2.75) is 24.3 Å². The molecule has 0 amide bonds. The van der Waals surface area contributed by atoms with Gasteiger partial charge in [0.05, 0.1) is 4.90 Å². The first kappa shape index (κ1) is 21.6. The normalized spacial score (nSPS) is 11.8. The molecule has 1 aromatic carbocycles. The van der Waals surface area contributed by atoms with Gasteiger partial charge in [0.2, 0.25) is 0 Å². The summed E-state index contributed by atoms with van der Waals surface area (Å²) < 4.78 is 34.3. The highest BCUT2D eigenvalue weighted by molar-refractivity contribution is 7.98. The van der Waals surface area contributed by atoms with Gasteiger partial charge in [-0.25, -0.2) is 0 Å². The molecular formula is C15H23NO5S2. The lowest BCUT2D eigenvalue weighted by Crippen LogP contribution is -2.32. The second-order valence-electron chi connectivity index (χ2n) is 4.59. The highest BCUT2D eigenvalue weighted by atomic mass is 32.2. The van der Waals surface area contributed by atoms with Crippen molar-refractivity contribution in [3.63, 3.8) is 0 Å². The molecular weight excluding hydrogens is 338 g/mol. The fourth-order valence-electron chi connectivity index (χ4n) is 1.32. The summed E-state index contributed by atoms with van der Waals surface area (Å²) >= 11 is 1.66. The minimum atomic E-state index is -4.02. The van der Waals surface area contributed by atoms with Gasteiger partial charge < -0.3 is 10.5 Å². The first-order valence-electron chi connectivity index (χ1n) is 6.78. The zero-order valence-corrected chi connectivity index (χ0v) is 14.9. The van der Waals surface area contributed by atoms with Crippen LogP contribution in [0.25, 0.3) is 0 Å². The Hall–Kier alpha value is -1.35. The minimum Gasteiger partial charge on any atom is -0.460 e. The third-order valence-corrected chi connectivity index (χ3v) is 4.11. The van der Waals surface area contributed by atoms with Crippen LogP contribution >= 0.6 is 11.8 Å². The Kier molecular flexibility index (Phi) is 10.6. The van der Waals surface area contributed by atoms with Crippen LogP contribution in [0.3, 0.4) is 0 Å². The monoisotopic (exact) mass is 361 g/mol. The molecule has 0 aromatic heterocycles. The van der Waals surface area contributed by atoms with Crippen LogP contribution < -0.4 is 5.73 Å². The number of carbonyl (C=O) groups excluding carboxylic acids is 1. The van der Waals surface area contributed by atoms with Gasteiger partial charge in [0.15, 0.2) is 0 Å². The quantitative estimate of drug-likeness (QED) is 0.435. The Morgan fingerprint density at radius 2 is 2.00 bits per heavy atom. The standard InChI is InChI=1S/C8H15NO2S.C7H8O3S/c1-3-5-11-8(10)7(9)4-6-12-2;1-6-2-4-7(5-3-6)11(8,9)10/h3,7H,1,4-6,9H2,2H3;2-5H,1H3,(H,8,9,10)/t7-;/m0./s1. The summed E-state index contributed by atoms with van der Waals surface area (Å²) in [5.74, 6) is 0.536. The molecule has 0 heterocycles. The van der Waals surface area contributed by atoms with Gasteiger partial charge in [0.25, 0.3) is 10.1 Å². The molecule has 0 bridgehead atoms. The average Bonchev–Trinajstić information content (AvgIpc) is 2.50. The minimum absolute atomic E-state index is 0.0666. The molecule has 0 radical (unpaired) electrons. The predicted octanol–water partition coefficient (Wildman–Crippen LogP) is 2.04. The number of carbonyl (C=O) groups is 1. The topological polar surface area (TPSA) is 107 Å². The number of ether oxygens (including phenoxy) is 1. The van der Waals surface area contributed by atoms with E-state index in [1.165, 1.54) is 18.2 Å². The average molecular weight is 361 g/mol. The summed E-state index contributed by atoms with van der Waals surface area (Å²) in [6.07, 6.45) is 4.16. The van der Waals surface area contributed by atoms with Crippen LogP contribution in [0.4, 0.5) is 0 Å². The SMILES string of the molecule is C=CCOC(=O)[C@@H](N)CCSC.Cc1ccc(S(=O)(=O)O)cc1. The largest absolute Gasteiger partial charge is 0.460 e. The Morgan fingerprint density at radius 3 is 2.43 bits per heavy atom. The summed E-state index contributed by atoms with van der Waals surface area (Å²) in [5.41, 5.74) is 6.48. The molecule has 0 aliphatic heterocycles. The lowest BCUT2D eigenvalue weighted by Gasteiger charge is -2.08. The lowest BCUT2D eigenvalue weighted by atomic mass is 10.2. The number of esters is 1. The number of thioether (sulfide) groups is 1. The molecule has 23 heavy (non-hydrogen) atoms. The molecule has 0 fully saturated rings. The van der Waals surface area contributed by atoms with Crippen molar-refractivity contribution < 1.29 is 22.5 Å². The van der Waals surface area contributed by atoms with Gasteiger partial charge in [-0.1, -0.05) is 30.4 Å². The van der Waals surface area contributed by atoms with Gasteiger partial charge >= 0.3 is 5.97 Å². The molecule has 130 valence electrons. The summed E-state index contributed by atoms with van der Waals surface area (Å²) in [7, 11) is -4.02. The molecule has 1 rings (SSSR count). The first-order chi connectivity index (χ1) is 10.7. The van der Waals surface area contributed by atoms with Crippen LogP contribution in [0.2, 0.25) is 0 Å². The van der Waals surface area contributed by atoms with Crippen LogP contribution in [0.1, 0.15) is 12.0 Å². The molecule has 8 heteroatoms. The molecule has 0 spiro atoms. The second-order valence-corrected chi connectivity index (χ2v) is 7.00. The van der Waals surface area contributed by atoms with Crippen LogP contribution in [0.5, 0.6) is 0 Å². The van der Waals surface area contributed by atoms with Crippen molar-refractivity contribution in [3.05, 3.63) is 42.5 Å². The van der Waals surface area contributed by atoms with Gasteiger partial charge in [-0.3, -0.25) is 9.35 Å². The molecule has 3 N–H and O–H groups in total. The molecule has 6 nitrogen and oxygen atoms in total. The Labute approximate surface area is 141 Å². The number of hydrogen-bond donors (Lipinski definition) is 2. The number of rotatable bonds is 7. The third-order valence-electron chi connectivity index (χ3n) is 2.60. The van der Waals surface area contributed by atoms with Crippen LogP contribution in [0.15, 0.2) is 41.8 Å². The zero-order chi connectivity index (χ0) is 17.9. The second kappa shape index (κ2) is 11.2. The first-order valence-corrected chi connectivity index (χ1v) is 9.62. The summed E-state index contributed by atoms with van der Waals surface area (Å²) in [4.78, 5) is 10.9. The fraction of sp³-hybridized carbons (Fsp3) is 0.400. The highest BCUT2D eigenvalue weighted by Crippen LogP contribution is 2.08. The maximum atomic E-state index is 11.0. The Balaban J connectivity index is 0.000000422. The summed E-state index contributed by atoms with van der Waals surface area (Å²) in [6.45, 7) is 5.51. The summed E-state index contributed by atoms with van der Waals surface area (Å²) in [6, 6.07) is 5.50. The van der Waals surface area contributed by atoms with Crippen LogP contribution in [0, 0.1) is 6.92 Å². The van der Waals surface area contributed by atoms with E-state index in [2.05, 4.69) is 6.58 Å². The van der Waals surface area contributed by atoms with Gasteiger partial charge in [0, 0.05) is 0 Å². The van der Waals surface area contributed by atoms with Gasteiger partial charge in [0.1, 0.15) is 12.6 Å². The molecule has 0 aliphatic rings. The highest BCUT2D eigenvalue weighted by Gasteiger charge is 2.13. The van der Waals surface area contributed by atoms with E-state index in [9.17, 15) is 13.2 Å². The fourth-order valence-corrected chi connectivity index (χ4v) is 2.29. The van der Waals surface area contributed by atoms with Crippen molar-refractivity contribution in [2.24, 2.45) is 5.73 Å². The maximum Gasteiger partial charge on any atom is 0.323 e. The molecule has 0 aliphatic carbocycles.